The largest absolute Gasteiger partial charge is 0.336 e. The number of likely N-dealkylation sites (tertiary alicyclic amines) is 1. The van der Waals surface area contributed by atoms with Crippen molar-refractivity contribution < 1.29 is 9.59 Å². The SMILES string of the molecule is Cn1ccnc1C(=O)[C@H]1CCCN(C(=O)c2cn(CCc3ccccc3)nn2)C1. The average Bonchev–Trinajstić information content (AvgIpc) is 3.41. The monoisotopic (exact) mass is 392 g/mol. The molecule has 150 valence electrons. The predicted molar refractivity (Wildman–Crippen MR) is 106 cm³/mol. The van der Waals surface area contributed by atoms with Gasteiger partial charge in [-0.05, 0) is 24.8 Å². The lowest BCUT2D eigenvalue weighted by Crippen LogP contribution is -2.42. The highest BCUT2D eigenvalue weighted by molar-refractivity contribution is 5.96. The summed E-state index contributed by atoms with van der Waals surface area (Å²) in [6, 6.07) is 10.1. The molecule has 1 aliphatic rings. The number of carbonyl (C=O) groups is 2. The first-order valence-corrected chi connectivity index (χ1v) is 9.86. The van der Waals surface area contributed by atoms with Crippen molar-refractivity contribution in [3.8, 4) is 0 Å². The second kappa shape index (κ2) is 8.38. The van der Waals surface area contributed by atoms with E-state index in [1.54, 1.807) is 39.8 Å². The number of hydrogen-bond donors (Lipinski definition) is 0. The van der Waals surface area contributed by atoms with Crippen molar-refractivity contribution in [3.05, 3.63) is 66.0 Å². The molecule has 1 saturated heterocycles. The summed E-state index contributed by atoms with van der Waals surface area (Å²) in [5, 5.41) is 8.15. The van der Waals surface area contributed by atoms with Gasteiger partial charge in [-0.2, -0.15) is 0 Å². The Kier molecular flexibility index (Phi) is 5.50. The van der Waals surface area contributed by atoms with Crippen LogP contribution in [0.15, 0.2) is 48.9 Å². The molecule has 0 spiro atoms. The minimum atomic E-state index is -0.234. The van der Waals surface area contributed by atoms with Crippen LogP contribution in [-0.2, 0) is 20.0 Å². The van der Waals surface area contributed by atoms with Gasteiger partial charge in [0.2, 0.25) is 5.78 Å². The molecule has 1 aliphatic heterocycles. The second-order valence-corrected chi connectivity index (χ2v) is 7.42. The van der Waals surface area contributed by atoms with Gasteiger partial charge in [-0.3, -0.25) is 14.3 Å². The summed E-state index contributed by atoms with van der Waals surface area (Å²) in [6.07, 6.45) is 7.44. The van der Waals surface area contributed by atoms with E-state index < -0.39 is 0 Å². The van der Waals surface area contributed by atoms with Crippen LogP contribution in [0.4, 0.5) is 0 Å². The van der Waals surface area contributed by atoms with Crippen molar-refractivity contribution in [2.24, 2.45) is 13.0 Å². The molecule has 0 unspecified atom stereocenters. The van der Waals surface area contributed by atoms with Gasteiger partial charge in [0, 0.05) is 45.0 Å². The Morgan fingerprint density at radius 2 is 2.03 bits per heavy atom. The van der Waals surface area contributed by atoms with Gasteiger partial charge in [0.15, 0.2) is 11.5 Å². The third-order valence-corrected chi connectivity index (χ3v) is 5.35. The molecule has 2 aromatic heterocycles. The van der Waals surface area contributed by atoms with E-state index in [0.29, 0.717) is 31.2 Å². The Bertz CT molecular complexity index is 994. The highest BCUT2D eigenvalue weighted by Crippen LogP contribution is 2.21. The molecule has 0 aliphatic carbocycles. The molecule has 4 rings (SSSR count). The van der Waals surface area contributed by atoms with E-state index in [2.05, 4.69) is 27.4 Å². The van der Waals surface area contributed by atoms with E-state index >= 15 is 0 Å². The Morgan fingerprint density at radius 1 is 1.21 bits per heavy atom. The second-order valence-electron chi connectivity index (χ2n) is 7.42. The quantitative estimate of drug-likeness (QED) is 0.599. The molecule has 1 aromatic carbocycles. The lowest BCUT2D eigenvalue weighted by atomic mass is 9.93. The number of aromatic nitrogens is 5. The number of aryl methyl sites for hydroxylation is 3. The summed E-state index contributed by atoms with van der Waals surface area (Å²) >= 11 is 0. The number of nitrogens with zero attached hydrogens (tertiary/aromatic N) is 6. The lowest BCUT2D eigenvalue weighted by Gasteiger charge is -2.31. The maximum Gasteiger partial charge on any atom is 0.276 e. The first-order valence-electron chi connectivity index (χ1n) is 9.86. The van der Waals surface area contributed by atoms with Crippen LogP contribution in [0.2, 0.25) is 0 Å². The molecule has 8 nitrogen and oxygen atoms in total. The molecule has 1 fully saturated rings. The van der Waals surface area contributed by atoms with E-state index in [4.69, 9.17) is 0 Å². The molecule has 0 bridgehead atoms. The van der Waals surface area contributed by atoms with Crippen LogP contribution < -0.4 is 0 Å². The van der Waals surface area contributed by atoms with Crippen molar-refractivity contribution in [3.63, 3.8) is 0 Å². The minimum Gasteiger partial charge on any atom is -0.336 e. The summed E-state index contributed by atoms with van der Waals surface area (Å²) in [7, 11) is 1.81. The third kappa shape index (κ3) is 4.26. The van der Waals surface area contributed by atoms with Gasteiger partial charge in [0.05, 0.1) is 6.20 Å². The Labute approximate surface area is 169 Å². The first kappa shape index (κ1) is 19.0. The number of Topliss-reactive ketones (excluding diaryl/α,β-unsaturated/α-hetero) is 1. The highest BCUT2D eigenvalue weighted by Gasteiger charge is 2.31. The maximum absolute atomic E-state index is 12.9. The van der Waals surface area contributed by atoms with Crippen LogP contribution >= 0.6 is 0 Å². The highest BCUT2D eigenvalue weighted by atomic mass is 16.2. The Morgan fingerprint density at radius 3 is 2.79 bits per heavy atom. The number of piperidine rings is 1. The van der Waals surface area contributed by atoms with E-state index in [-0.39, 0.29) is 17.6 Å². The van der Waals surface area contributed by atoms with Gasteiger partial charge >= 0.3 is 0 Å². The van der Waals surface area contributed by atoms with E-state index in [0.717, 1.165) is 19.3 Å². The zero-order valence-electron chi connectivity index (χ0n) is 16.4. The Hall–Kier alpha value is -3.29. The molecule has 3 heterocycles. The van der Waals surface area contributed by atoms with Crippen molar-refractivity contribution in [1.82, 2.24) is 29.4 Å². The summed E-state index contributed by atoms with van der Waals surface area (Å²) in [5.74, 6) is 0.0212. The Balaban J connectivity index is 1.38. The van der Waals surface area contributed by atoms with Gasteiger partial charge in [-0.15, -0.1) is 5.10 Å². The van der Waals surface area contributed by atoms with Crippen LogP contribution in [0.25, 0.3) is 0 Å². The van der Waals surface area contributed by atoms with Crippen LogP contribution in [0.3, 0.4) is 0 Å². The van der Waals surface area contributed by atoms with E-state index in [1.807, 2.05) is 18.2 Å². The number of rotatable bonds is 6. The van der Waals surface area contributed by atoms with Crippen molar-refractivity contribution >= 4 is 11.7 Å². The molecule has 0 N–H and O–H groups in total. The molecule has 0 radical (unpaired) electrons. The van der Waals surface area contributed by atoms with Gasteiger partial charge in [0.25, 0.3) is 5.91 Å². The van der Waals surface area contributed by atoms with Crippen molar-refractivity contribution in [1.29, 1.82) is 0 Å². The van der Waals surface area contributed by atoms with Crippen molar-refractivity contribution in [2.75, 3.05) is 13.1 Å². The summed E-state index contributed by atoms with van der Waals surface area (Å²) in [5.41, 5.74) is 1.53. The average molecular weight is 392 g/mol. The van der Waals surface area contributed by atoms with Crippen LogP contribution in [0.5, 0.6) is 0 Å². The van der Waals surface area contributed by atoms with Crippen LogP contribution in [0.1, 0.15) is 39.5 Å². The standard InChI is InChI=1S/C21H24N6O2/c1-25-13-10-22-20(25)19(28)17-8-5-11-26(14-17)21(29)18-15-27(24-23-18)12-9-16-6-3-2-4-7-16/h2-4,6-7,10,13,15,17H,5,8-9,11-12,14H2,1H3/t17-/m0/s1. The van der Waals surface area contributed by atoms with E-state index in [1.165, 1.54) is 5.56 Å². The fraction of sp³-hybridized carbons (Fsp3) is 0.381. The smallest absolute Gasteiger partial charge is 0.276 e. The topological polar surface area (TPSA) is 85.9 Å². The maximum atomic E-state index is 12.9. The van der Waals surface area contributed by atoms with Crippen LogP contribution in [-0.4, -0.2) is 54.2 Å². The summed E-state index contributed by atoms with van der Waals surface area (Å²) in [6.45, 7) is 1.67. The van der Waals surface area contributed by atoms with Gasteiger partial charge < -0.3 is 9.47 Å². The number of hydrogen-bond acceptors (Lipinski definition) is 5. The molecule has 1 atom stereocenters. The summed E-state index contributed by atoms with van der Waals surface area (Å²) < 4.78 is 3.42. The zero-order chi connectivity index (χ0) is 20.2. The molecule has 29 heavy (non-hydrogen) atoms. The molecule has 1 amide bonds. The first-order chi connectivity index (χ1) is 14.1. The molecule has 8 heteroatoms. The third-order valence-electron chi connectivity index (χ3n) is 5.35. The molecular weight excluding hydrogens is 368 g/mol. The number of carbonyl (C=O) groups excluding carboxylic acids is 2. The minimum absolute atomic E-state index is 0.0125. The molecular formula is C21H24N6O2. The number of benzene rings is 1. The molecule has 0 saturated carbocycles. The van der Waals surface area contributed by atoms with Gasteiger partial charge in [-0.25, -0.2) is 4.98 Å². The fourth-order valence-corrected chi connectivity index (χ4v) is 3.72. The van der Waals surface area contributed by atoms with Gasteiger partial charge in [0.1, 0.15) is 0 Å². The lowest BCUT2D eigenvalue weighted by molar-refractivity contribution is 0.0628. The molecule has 3 aromatic rings. The fourth-order valence-electron chi connectivity index (χ4n) is 3.72. The van der Waals surface area contributed by atoms with Gasteiger partial charge in [-0.1, -0.05) is 35.5 Å². The summed E-state index contributed by atoms with van der Waals surface area (Å²) in [4.78, 5) is 31.5. The van der Waals surface area contributed by atoms with E-state index in [9.17, 15) is 9.59 Å². The van der Waals surface area contributed by atoms with Crippen LogP contribution in [0, 0.1) is 5.92 Å². The number of imidazole rings is 1. The number of ketones is 1. The predicted octanol–water partition coefficient (Wildman–Crippen LogP) is 1.99. The van der Waals surface area contributed by atoms with Crippen molar-refractivity contribution in [2.45, 2.75) is 25.8 Å². The zero-order valence-corrected chi connectivity index (χ0v) is 16.4. The normalized spacial score (nSPS) is 16.7. The number of amides is 1.